The average Bonchev–Trinajstić information content (AvgIpc) is 3.35. The van der Waals surface area contributed by atoms with Gasteiger partial charge in [-0.2, -0.15) is 0 Å². The lowest BCUT2D eigenvalue weighted by Gasteiger charge is -2.24. The van der Waals surface area contributed by atoms with Crippen molar-refractivity contribution in [3.63, 3.8) is 0 Å². The van der Waals surface area contributed by atoms with Crippen LogP contribution in [0.1, 0.15) is 20.2 Å². The highest BCUT2D eigenvalue weighted by atomic mass is 35.5. The maximum absolute atomic E-state index is 12.6. The number of carbonyl (C=O) groups excluding carboxylic acids is 2. The van der Waals surface area contributed by atoms with Gasteiger partial charge in [0, 0.05) is 36.2 Å². The van der Waals surface area contributed by atoms with Crippen molar-refractivity contribution >= 4 is 51.0 Å². The predicted octanol–water partition coefficient (Wildman–Crippen LogP) is 2.92. The van der Waals surface area contributed by atoms with Crippen LogP contribution in [0.15, 0.2) is 41.4 Å². The lowest BCUT2D eigenvalue weighted by Crippen LogP contribution is -2.43. The summed E-state index contributed by atoms with van der Waals surface area (Å²) in [6, 6.07) is 1.50. The number of thiazole rings is 1. The molecule has 0 aromatic carbocycles. The normalized spacial score (nSPS) is 16.7. The quantitative estimate of drug-likeness (QED) is 0.694. The fraction of sp³-hybridized carbons (Fsp3) is 0.188. The molecule has 4 rings (SSSR count). The van der Waals surface area contributed by atoms with Crippen LogP contribution in [-0.2, 0) is 0 Å². The number of fused-ring (bicyclic) bond motifs is 1. The van der Waals surface area contributed by atoms with Crippen molar-refractivity contribution in [3.05, 3.63) is 57.0 Å². The van der Waals surface area contributed by atoms with Gasteiger partial charge in [0.15, 0.2) is 4.96 Å². The molecule has 0 fully saturated rings. The first-order valence-electron chi connectivity index (χ1n) is 7.54. The van der Waals surface area contributed by atoms with E-state index in [9.17, 15) is 9.59 Å². The Morgan fingerprint density at radius 2 is 2.24 bits per heavy atom. The molecule has 0 spiro atoms. The molecule has 0 aliphatic carbocycles. The molecule has 128 valence electrons. The van der Waals surface area contributed by atoms with E-state index in [2.05, 4.69) is 10.3 Å². The van der Waals surface area contributed by atoms with Crippen LogP contribution in [0.25, 0.3) is 4.96 Å². The van der Waals surface area contributed by atoms with E-state index in [1.54, 1.807) is 38.5 Å². The molecule has 1 unspecified atom stereocenters. The van der Waals surface area contributed by atoms with Crippen LogP contribution in [-0.4, -0.2) is 45.2 Å². The highest BCUT2D eigenvalue weighted by Crippen LogP contribution is 2.23. The maximum atomic E-state index is 12.6. The second kappa shape index (κ2) is 6.62. The van der Waals surface area contributed by atoms with Gasteiger partial charge in [-0.25, -0.2) is 4.98 Å². The standard InChI is InChI=1S/C16H13ClN4O2S2/c17-10-6-13(24-8-10)15(23)20-4-1-2-11(20)7-19-14(22)12-9-25-16-18-3-5-21(12)16/h1-3,5-6,8-9,11H,4,7H2,(H,19,22). The molecule has 2 amide bonds. The molecule has 1 N–H and O–H groups in total. The zero-order valence-electron chi connectivity index (χ0n) is 12.9. The number of nitrogens with one attached hydrogen (secondary N) is 1. The van der Waals surface area contributed by atoms with Gasteiger partial charge in [-0.05, 0) is 6.07 Å². The Labute approximate surface area is 156 Å². The fourth-order valence-corrected chi connectivity index (χ4v) is 4.59. The van der Waals surface area contributed by atoms with Gasteiger partial charge in [-0.15, -0.1) is 22.7 Å². The van der Waals surface area contributed by atoms with Crippen LogP contribution >= 0.6 is 34.3 Å². The highest BCUT2D eigenvalue weighted by Gasteiger charge is 2.27. The Balaban J connectivity index is 1.43. The van der Waals surface area contributed by atoms with Crippen molar-refractivity contribution in [1.82, 2.24) is 19.6 Å². The van der Waals surface area contributed by atoms with E-state index >= 15 is 0 Å². The summed E-state index contributed by atoms with van der Waals surface area (Å²) in [6.07, 6.45) is 7.29. The van der Waals surface area contributed by atoms with Gasteiger partial charge in [0.2, 0.25) is 0 Å². The first-order chi connectivity index (χ1) is 12.1. The van der Waals surface area contributed by atoms with Crippen molar-refractivity contribution < 1.29 is 9.59 Å². The second-order valence-electron chi connectivity index (χ2n) is 5.49. The van der Waals surface area contributed by atoms with Crippen molar-refractivity contribution in [2.45, 2.75) is 6.04 Å². The van der Waals surface area contributed by atoms with E-state index in [0.717, 1.165) is 4.96 Å². The third-order valence-corrected chi connectivity index (χ3v) is 6.07. The summed E-state index contributed by atoms with van der Waals surface area (Å²) in [5, 5.41) is 6.98. The number of hydrogen-bond acceptors (Lipinski definition) is 5. The van der Waals surface area contributed by atoms with Crippen molar-refractivity contribution in [1.29, 1.82) is 0 Å². The molecular formula is C16H13ClN4O2S2. The molecule has 25 heavy (non-hydrogen) atoms. The first-order valence-corrected chi connectivity index (χ1v) is 9.67. The van der Waals surface area contributed by atoms with Gasteiger partial charge in [-0.3, -0.25) is 14.0 Å². The number of rotatable bonds is 4. The zero-order chi connectivity index (χ0) is 17.4. The van der Waals surface area contributed by atoms with Crippen LogP contribution in [0.2, 0.25) is 5.02 Å². The number of hydrogen-bond donors (Lipinski definition) is 1. The summed E-state index contributed by atoms with van der Waals surface area (Å²) < 4.78 is 1.75. The van der Waals surface area contributed by atoms with Crippen molar-refractivity contribution in [3.8, 4) is 0 Å². The van der Waals surface area contributed by atoms with E-state index in [1.807, 2.05) is 12.2 Å². The van der Waals surface area contributed by atoms with Crippen LogP contribution in [0.5, 0.6) is 0 Å². The number of carbonyl (C=O) groups is 2. The topological polar surface area (TPSA) is 66.7 Å². The molecule has 4 heterocycles. The minimum absolute atomic E-state index is 0.0753. The largest absolute Gasteiger partial charge is 0.348 e. The number of imidazole rings is 1. The van der Waals surface area contributed by atoms with E-state index in [4.69, 9.17) is 11.6 Å². The summed E-state index contributed by atoms with van der Waals surface area (Å²) in [7, 11) is 0. The number of thiophene rings is 1. The molecule has 1 atom stereocenters. The molecular weight excluding hydrogens is 380 g/mol. The average molecular weight is 393 g/mol. The Morgan fingerprint density at radius 1 is 1.36 bits per heavy atom. The SMILES string of the molecule is O=C(NCC1C=CCN1C(=O)c1cc(Cl)cs1)c1csc2nccn12. The summed E-state index contributed by atoms with van der Waals surface area (Å²) >= 11 is 8.64. The van der Waals surface area contributed by atoms with E-state index in [0.29, 0.717) is 28.7 Å². The van der Waals surface area contributed by atoms with Gasteiger partial charge in [0.25, 0.3) is 11.8 Å². The predicted molar refractivity (Wildman–Crippen MR) is 98.7 cm³/mol. The van der Waals surface area contributed by atoms with Crippen LogP contribution in [0, 0.1) is 0 Å². The summed E-state index contributed by atoms with van der Waals surface area (Å²) in [5.41, 5.74) is 0.544. The van der Waals surface area contributed by atoms with Gasteiger partial charge >= 0.3 is 0 Å². The van der Waals surface area contributed by atoms with Crippen LogP contribution in [0.3, 0.4) is 0 Å². The fourth-order valence-electron chi connectivity index (χ4n) is 2.73. The molecule has 1 aliphatic rings. The smallest absolute Gasteiger partial charge is 0.269 e. The molecule has 3 aromatic heterocycles. The van der Waals surface area contributed by atoms with Gasteiger partial charge in [0.1, 0.15) is 5.69 Å². The zero-order valence-corrected chi connectivity index (χ0v) is 15.3. The molecule has 0 radical (unpaired) electrons. The monoisotopic (exact) mass is 392 g/mol. The summed E-state index contributed by atoms with van der Waals surface area (Å²) in [6.45, 7) is 0.880. The molecule has 3 aromatic rings. The summed E-state index contributed by atoms with van der Waals surface area (Å²) in [5.74, 6) is -0.259. The Hall–Kier alpha value is -2.16. The molecule has 1 aliphatic heterocycles. The number of nitrogens with zero attached hydrogens (tertiary/aromatic N) is 3. The second-order valence-corrected chi connectivity index (χ2v) is 7.68. The molecule has 0 bridgehead atoms. The van der Waals surface area contributed by atoms with Gasteiger partial charge < -0.3 is 10.2 Å². The summed E-state index contributed by atoms with van der Waals surface area (Å²) in [4.78, 5) is 32.3. The minimum Gasteiger partial charge on any atom is -0.348 e. The maximum Gasteiger partial charge on any atom is 0.269 e. The first kappa shape index (κ1) is 16.3. The van der Waals surface area contributed by atoms with Crippen LogP contribution in [0.4, 0.5) is 0 Å². The number of aromatic nitrogens is 2. The molecule has 9 heteroatoms. The molecule has 0 saturated heterocycles. The minimum atomic E-state index is -0.184. The van der Waals surface area contributed by atoms with Gasteiger partial charge in [0.05, 0.1) is 15.9 Å². The molecule has 6 nitrogen and oxygen atoms in total. The Kier molecular flexibility index (Phi) is 4.32. The third-order valence-electron chi connectivity index (χ3n) is 3.95. The lowest BCUT2D eigenvalue weighted by molar-refractivity contribution is 0.0743. The van der Waals surface area contributed by atoms with Crippen molar-refractivity contribution in [2.24, 2.45) is 0 Å². The van der Waals surface area contributed by atoms with E-state index in [-0.39, 0.29) is 17.9 Å². The molecule has 0 saturated carbocycles. The Morgan fingerprint density at radius 3 is 3.04 bits per heavy atom. The number of amides is 2. The third kappa shape index (κ3) is 3.08. The Bertz CT molecular complexity index is 974. The highest BCUT2D eigenvalue weighted by molar-refractivity contribution is 7.15. The number of halogens is 1. The lowest BCUT2D eigenvalue weighted by atomic mass is 10.2. The van der Waals surface area contributed by atoms with E-state index in [1.165, 1.54) is 22.7 Å². The van der Waals surface area contributed by atoms with E-state index < -0.39 is 0 Å². The van der Waals surface area contributed by atoms with Crippen molar-refractivity contribution in [2.75, 3.05) is 13.1 Å². The van der Waals surface area contributed by atoms with Gasteiger partial charge in [-0.1, -0.05) is 23.8 Å². The van der Waals surface area contributed by atoms with Crippen LogP contribution < -0.4 is 5.32 Å².